The van der Waals surface area contributed by atoms with Crippen molar-refractivity contribution in [3.63, 3.8) is 0 Å². The molecule has 2 aromatic rings. The van der Waals surface area contributed by atoms with Crippen molar-refractivity contribution in [2.45, 2.75) is 38.0 Å². The van der Waals surface area contributed by atoms with E-state index >= 15 is 0 Å². The summed E-state index contributed by atoms with van der Waals surface area (Å²) in [6.45, 7) is 4.87. The van der Waals surface area contributed by atoms with Crippen LogP contribution in [0, 0.1) is 0 Å². The molecule has 0 atom stereocenters. The van der Waals surface area contributed by atoms with Crippen LogP contribution >= 0.6 is 0 Å². The summed E-state index contributed by atoms with van der Waals surface area (Å²) in [6, 6.07) is 12.4. The maximum atomic E-state index is 12.5. The zero-order chi connectivity index (χ0) is 21.3. The normalized spacial score (nSPS) is 11.4. The minimum Gasteiger partial charge on any atom is -0.355 e. The fourth-order valence-electron chi connectivity index (χ4n) is 2.92. The van der Waals surface area contributed by atoms with E-state index in [0.29, 0.717) is 13.1 Å². The van der Waals surface area contributed by atoms with Crippen molar-refractivity contribution in [1.29, 1.82) is 0 Å². The first kappa shape index (κ1) is 22.8. The Balaban J connectivity index is 1.94. The van der Waals surface area contributed by atoms with Crippen LogP contribution in [-0.4, -0.2) is 51.3 Å². The lowest BCUT2D eigenvalue weighted by molar-refractivity contribution is -0.136. The van der Waals surface area contributed by atoms with E-state index in [1.165, 1.54) is 4.90 Å². The molecule has 0 unspecified atom stereocenters. The van der Waals surface area contributed by atoms with E-state index in [4.69, 9.17) is 0 Å². The number of carbonyl (C=O) groups excluding carboxylic acids is 2. The van der Waals surface area contributed by atoms with Crippen LogP contribution in [0.1, 0.15) is 33.1 Å². The SMILES string of the molecule is CCCNC(=O)CN(CCC)C(=O)CCNS(=O)(=O)c1ccc2ccccc2c1. The first-order chi connectivity index (χ1) is 13.9. The summed E-state index contributed by atoms with van der Waals surface area (Å²) >= 11 is 0. The third-order valence-corrected chi connectivity index (χ3v) is 5.87. The Morgan fingerprint density at radius 2 is 1.69 bits per heavy atom. The maximum absolute atomic E-state index is 12.5. The van der Waals surface area contributed by atoms with Crippen molar-refractivity contribution >= 4 is 32.6 Å². The van der Waals surface area contributed by atoms with Gasteiger partial charge in [-0.05, 0) is 35.7 Å². The van der Waals surface area contributed by atoms with E-state index in [1.54, 1.807) is 18.2 Å². The van der Waals surface area contributed by atoms with E-state index < -0.39 is 10.0 Å². The molecule has 0 aromatic heterocycles. The van der Waals surface area contributed by atoms with Crippen LogP contribution in [0.2, 0.25) is 0 Å². The fourth-order valence-corrected chi connectivity index (χ4v) is 3.99. The van der Waals surface area contributed by atoms with Crippen LogP contribution in [0.3, 0.4) is 0 Å². The minimum absolute atomic E-state index is 0.00608. The molecule has 0 aliphatic heterocycles. The van der Waals surface area contributed by atoms with Gasteiger partial charge in [0, 0.05) is 26.1 Å². The van der Waals surface area contributed by atoms with Crippen molar-refractivity contribution in [1.82, 2.24) is 14.9 Å². The second-order valence-corrected chi connectivity index (χ2v) is 8.59. The van der Waals surface area contributed by atoms with Gasteiger partial charge in [0.05, 0.1) is 11.4 Å². The monoisotopic (exact) mass is 419 g/mol. The van der Waals surface area contributed by atoms with Gasteiger partial charge in [-0.3, -0.25) is 9.59 Å². The highest BCUT2D eigenvalue weighted by atomic mass is 32.2. The first-order valence-electron chi connectivity index (χ1n) is 9.90. The molecular weight excluding hydrogens is 390 g/mol. The molecule has 0 bridgehead atoms. The number of amides is 2. The average molecular weight is 420 g/mol. The quantitative estimate of drug-likeness (QED) is 0.584. The fraction of sp³-hybridized carbons (Fsp3) is 0.429. The van der Waals surface area contributed by atoms with E-state index in [-0.39, 0.29) is 36.2 Å². The summed E-state index contributed by atoms with van der Waals surface area (Å²) < 4.78 is 27.6. The van der Waals surface area contributed by atoms with Gasteiger partial charge in [-0.2, -0.15) is 0 Å². The van der Waals surface area contributed by atoms with Crippen LogP contribution < -0.4 is 10.0 Å². The molecule has 0 fully saturated rings. The zero-order valence-corrected chi connectivity index (χ0v) is 17.8. The smallest absolute Gasteiger partial charge is 0.240 e. The summed E-state index contributed by atoms with van der Waals surface area (Å²) in [6.07, 6.45) is 1.54. The highest BCUT2D eigenvalue weighted by Crippen LogP contribution is 2.18. The van der Waals surface area contributed by atoms with Gasteiger partial charge in [0.25, 0.3) is 0 Å². The lowest BCUT2D eigenvalue weighted by Gasteiger charge is -2.21. The number of carbonyl (C=O) groups is 2. The molecule has 0 heterocycles. The molecule has 2 rings (SSSR count). The summed E-state index contributed by atoms with van der Waals surface area (Å²) in [7, 11) is -3.72. The van der Waals surface area contributed by atoms with Crippen molar-refractivity contribution in [2.75, 3.05) is 26.2 Å². The van der Waals surface area contributed by atoms with Crippen molar-refractivity contribution < 1.29 is 18.0 Å². The number of nitrogens with zero attached hydrogens (tertiary/aromatic N) is 1. The Morgan fingerprint density at radius 3 is 2.38 bits per heavy atom. The zero-order valence-electron chi connectivity index (χ0n) is 17.0. The van der Waals surface area contributed by atoms with E-state index in [9.17, 15) is 18.0 Å². The molecule has 2 N–H and O–H groups in total. The molecule has 0 saturated heterocycles. The van der Waals surface area contributed by atoms with Gasteiger partial charge in [0.2, 0.25) is 21.8 Å². The predicted octanol–water partition coefficient (Wildman–Crippen LogP) is 2.27. The van der Waals surface area contributed by atoms with Crippen LogP contribution in [0.5, 0.6) is 0 Å². The number of hydrogen-bond donors (Lipinski definition) is 2. The third kappa shape index (κ3) is 6.83. The van der Waals surface area contributed by atoms with E-state index in [1.807, 2.05) is 38.1 Å². The van der Waals surface area contributed by atoms with E-state index in [2.05, 4.69) is 10.0 Å². The molecular formula is C21H29N3O4S. The molecule has 0 radical (unpaired) electrons. The third-order valence-electron chi connectivity index (χ3n) is 4.42. The lowest BCUT2D eigenvalue weighted by atomic mass is 10.1. The van der Waals surface area contributed by atoms with E-state index in [0.717, 1.165) is 23.6 Å². The molecule has 8 heteroatoms. The second-order valence-electron chi connectivity index (χ2n) is 6.82. The Bertz CT molecular complexity index is 944. The van der Waals surface area contributed by atoms with Crippen LogP contribution in [0.25, 0.3) is 10.8 Å². The Morgan fingerprint density at radius 1 is 0.966 bits per heavy atom. The highest BCUT2D eigenvalue weighted by molar-refractivity contribution is 7.89. The number of hydrogen-bond acceptors (Lipinski definition) is 4. The molecule has 0 aliphatic carbocycles. The minimum atomic E-state index is -3.72. The number of rotatable bonds is 11. The van der Waals surface area contributed by atoms with Gasteiger partial charge in [-0.15, -0.1) is 0 Å². The molecule has 29 heavy (non-hydrogen) atoms. The standard InChI is InChI=1S/C21H29N3O4S/c1-3-12-22-20(25)16-24(14-4-2)21(26)11-13-23-29(27,28)19-10-9-17-7-5-6-8-18(17)15-19/h5-10,15,23H,3-4,11-14,16H2,1-2H3,(H,22,25). The van der Waals surface area contributed by atoms with Crippen LogP contribution in [0.15, 0.2) is 47.4 Å². The largest absolute Gasteiger partial charge is 0.355 e. The van der Waals surface area contributed by atoms with Gasteiger partial charge in [0.1, 0.15) is 0 Å². The van der Waals surface area contributed by atoms with Gasteiger partial charge in [0.15, 0.2) is 0 Å². The summed E-state index contributed by atoms with van der Waals surface area (Å²) in [5, 5.41) is 4.54. The van der Waals surface area contributed by atoms with Gasteiger partial charge in [-0.1, -0.05) is 44.2 Å². The Kier molecular flexibility index (Phi) is 8.60. The topological polar surface area (TPSA) is 95.6 Å². The van der Waals surface area contributed by atoms with Crippen molar-refractivity contribution in [2.24, 2.45) is 0 Å². The Labute approximate surface area is 172 Å². The summed E-state index contributed by atoms with van der Waals surface area (Å²) in [4.78, 5) is 26.0. The molecule has 2 aromatic carbocycles. The molecule has 0 aliphatic rings. The molecule has 158 valence electrons. The number of fused-ring (bicyclic) bond motifs is 1. The lowest BCUT2D eigenvalue weighted by Crippen LogP contribution is -2.42. The number of benzene rings is 2. The number of nitrogens with one attached hydrogen (secondary N) is 2. The Hall–Kier alpha value is -2.45. The van der Waals surface area contributed by atoms with Gasteiger partial charge >= 0.3 is 0 Å². The van der Waals surface area contributed by atoms with Crippen LogP contribution in [0.4, 0.5) is 0 Å². The average Bonchev–Trinajstić information content (AvgIpc) is 2.71. The molecule has 2 amide bonds. The second kappa shape index (κ2) is 10.9. The summed E-state index contributed by atoms with van der Waals surface area (Å²) in [5.74, 6) is -0.454. The van der Waals surface area contributed by atoms with Crippen LogP contribution in [-0.2, 0) is 19.6 Å². The maximum Gasteiger partial charge on any atom is 0.240 e. The highest BCUT2D eigenvalue weighted by Gasteiger charge is 2.18. The summed E-state index contributed by atoms with van der Waals surface area (Å²) in [5.41, 5.74) is 0. The first-order valence-corrected chi connectivity index (χ1v) is 11.4. The molecule has 0 saturated carbocycles. The van der Waals surface area contributed by atoms with Crippen molar-refractivity contribution in [3.05, 3.63) is 42.5 Å². The van der Waals surface area contributed by atoms with Gasteiger partial charge < -0.3 is 10.2 Å². The van der Waals surface area contributed by atoms with Crippen molar-refractivity contribution in [3.8, 4) is 0 Å². The number of sulfonamides is 1. The molecule has 7 nitrogen and oxygen atoms in total. The van der Waals surface area contributed by atoms with Gasteiger partial charge in [-0.25, -0.2) is 13.1 Å². The predicted molar refractivity (Wildman–Crippen MR) is 114 cm³/mol. The molecule has 0 spiro atoms.